The van der Waals surface area contributed by atoms with E-state index in [1.54, 1.807) is 12.4 Å². The van der Waals surface area contributed by atoms with Gasteiger partial charge in [0, 0.05) is 41.0 Å². The molecule has 5 heteroatoms. The quantitative estimate of drug-likeness (QED) is 0.192. The van der Waals surface area contributed by atoms with Crippen LogP contribution in [0.3, 0.4) is 0 Å². The number of pyridine rings is 2. The molecular formula is C46H38N4O. The molecule has 51 heavy (non-hydrogen) atoms. The Morgan fingerprint density at radius 3 is 1.96 bits per heavy atom. The Kier molecular flexibility index (Phi) is 8.04. The zero-order chi connectivity index (χ0) is 35.1. The summed E-state index contributed by atoms with van der Waals surface area (Å²) >= 11 is 0. The number of para-hydroxylation sites is 2. The van der Waals surface area contributed by atoms with E-state index in [1.165, 1.54) is 11.1 Å². The molecule has 0 amide bonds. The van der Waals surface area contributed by atoms with Crippen molar-refractivity contribution in [2.75, 3.05) is 0 Å². The maximum absolute atomic E-state index is 11.6. The molecule has 0 bridgehead atoms. The van der Waals surface area contributed by atoms with Crippen molar-refractivity contribution < 1.29 is 5.11 Å². The predicted octanol–water partition coefficient (Wildman–Crippen LogP) is 11.5. The van der Waals surface area contributed by atoms with E-state index in [-0.39, 0.29) is 11.2 Å². The summed E-state index contributed by atoms with van der Waals surface area (Å²) in [6.07, 6.45) is 5.42. The van der Waals surface area contributed by atoms with Crippen LogP contribution in [0.2, 0.25) is 0 Å². The number of rotatable bonds is 6. The standard InChI is InChI=1S/C46H38N4O/c1-30-27-48-41(26-38(30)33-23-21-32(22-24-33)31-13-7-5-8-14-31)35-16-11-15-34(25-35)37-19-12-20-42-43(37)49-45(50(42)36-17-9-6-10-18-36)39-28-47-29-40(44(39)51)46(2,3)4/h5-29H,1-4H3,(H,47,51). The predicted molar refractivity (Wildman–Crippen MR) is 209 cm³/mol. The third-order valence-electron chi connectivity index (χ3n) is 9.54. The highest BCUT2D eigenvalue weighted by molar-refractivity contribution is 5.96. The van der Waals surface area contributed by atoms with E-state index in [9.17, 15) is 5.11 Å². The summed E-state index contributed by atoms with van der Waals surface area (Å²) in [6, 6.07) is 46.3. The van der Waals surface area contributed by atoms with Gasteiger partial charge >= 0.3 is 0 Å². The monoisotopic (exact) mass is 662 g/mol. The average Bonchev–Trinajstić information content (AvgIpc) is 3.55. The molecule has 0 atom stereocenters. The second kappa shape index (κ2) is 12.8. The number of hydrogen-bond acceptors (Lipinski definition) is 4. The normalized spacial score (nSPS) is 11.6. The topological polar surface area (TPSA) is 63.8 Å². The van der Waals surface area contributed by atoms with Crippen molar-refractivity contribution in [1.82, 2.24) is 19.5 Å². The van der Waals surface area contributed by atoms with Crippen LogP contribution in [0.4, 0.5) is 0 Å². The molecule has 0 aliphatic rings. The zero-order valence-corrected chi connectivity index (χ0v) is 29.2. The Labute approximate surface area is 298 Å². The second-order valence-corrected chi connectivity index (χ2v) is 14.0. The Hall–Kier alpha value is -6.33. The van der Waals surface area contributed by atoms with Gasteiger partial charge in [-0.2, -0.15) is 0 Å². The van der Waals surface area contributed by atoms with Gasteiger partial charge in [-0.25, -0.2) is 4.98 Å². The van der Waals surface area contributed by atoms with Crippen molar-refractivity contribution in [3.05, 3.63) is 163 Å². The van der Waals surface area contributed by atoms with Gasteiger partial charge in [0.05, 0.1) is 22.3 Å². The molecule has 1 N–H and O–H groups in total. The fourth-order valence-corrected chi connectivity index (χ4v) is 6.83. The van der Waals surface area contributed by atoms with Crippen molar-refractivity contribution in [1.29, 1.82) is 0 Å². The smallest absolute Gasteiger partial charge is 0.151 e. The summed E-state index contributed by atoms with van der Waals surface area (Å²) < 4.78 is 2.11. The summed E-state index contributed by atoms with van der Waals surface area (Å²) in [4.78, 5) is 14.7. The Balaban J connectivity index is 1.23. The SMILES string of the molecule is Cc1cnc(-c2cccc(-c3cccc4c3nc(-c3cncc(C(C)(C)C)c3O)n4-c3ccccc3)c2)cc1-c1ccc(-c2ccccc2)cc1. The van der Waals surface area contributed by atoms with Gasteiger partial charge in [0.2, 0.25) is 0 Å². The van der Waals surface area contributed by atoms with Gasteiger partial charge in [0.15, 0.2) is 5.82 Å². The summed E-state index contributed by atoms with van der Waals surface area (Å²) in [7, 11) is 0. The van der Waals surface area contributed by atoms with E-state index in [0.29, 0.717) is 11.4 Å². The fourth-order valence-electron chi connectivity index (χ4n) is 6.83. The molecule has 8 aromatic rings. The molecule has 0 aliphatic heterocycles. The van der Waals surface area contributed by atoms with Gasteiger partial charge < -0.3 is 5.11 Å². The highest BCUT2D eigenvalue weighted by Crippen LogP contribution is 2.41. The lowest BCUT2D eigenvalue weighted by Crippen LogP contribution is -2.12. The van der Waals surface area contributed by atoms with Gasteiger partial charge in [0.25, 0.3) is 0 Å². The lowest BCUT2D eigenvalue weighted by Gasteiger charge is -2.21. The molecule has 248 valence electrons. The first kappa shape index (κ1) is 31.9. The molecule has 5 aromatic carbocycles. The molecule has 8 rings (SSSR count). The lowest BCUT2D eigenvalue weighted by molar-refractivity contribution is 0.446. The maximum Gasteiger partial charge on any atom is 0.151 e. The van der Waals surface area contributed by atoms with Crippen LogP contribution in [0.1, 0.15) is 31.9 Å². The van der Waals surface area contributed by atoms with Gasteiger partial charge in [-0.05, 0) is 76.1 Å². The Morgan fingerprint density at radius 2 is 1.22 bits per heavy atom. The van der Waals surface area contributed by atoms with E-state index in [4.69, 9.17) is 9.97 Å². The lowest BCUT2D eigenvalue weighted by atomic mass is 9.86. The first-order valence-corrected chi connectivity index (χ1v) is 17.2. The molecule has 0 saturated carbocycles. The highest BCUT2D eigenvalue weighted by Gasteiger charge is 2.25. The average molecular weight is 663 g/mol. The van der Waals surface area contributed by atoms with Crippen LogP contribution in [-0.2, 0) is 5.41 Å². The minimum absolute atomic E-state index is 0.199. The third-order valence-corrected chi connectivity index (χ3v) is 9.54. The summed E-state index contributed by atoms with van der Waals surface area (Å²) in [5.74, 6) is 0.837. The molecular weight excluding hydrogens is 625 g/mol. The summed E-state index contributed by atoms with van der Waals surface area (Å²) in [5.41, 5.74) is 13.6. The summed E-state index contributed by atoms with van der Waals surface area (Å²) in [5, 5.41) is 11.6. The molecule has 3 heterocycles. The van der Waals surface area contributed by atoms with Crippen LogP contribution < -0.4 is 0 Å². The number of aromatic hydroxyl groups is 1. The second-order valence-electron chi connectivity index (χ2n) is 14.0. The van der Waals surface area contributed by atoms with Gasteiger partial charge in [-0.1, -0.05) is 124 Å². The zero-order valence-electron chi connectivity index (χ0n) is 29.2. The first-order valence-electron chi connectivity index (χ1n) is 17.2. The first-order chi connectivity index (χ1) is 24.8. The number of nitrogens with zero attached hydrogens (tertiary/aromatic N) is 4. The fraction of sp³-hybridized carbons (Fsp3) is 0.109. The van der Waals surface area contributed by atoms with Crippen molar-refractivity contribution in [3.63, 3.8) is 0 Å². The minimum Gasteiger partial charge on any atom is -0.507 e. The molecule has 5 nitrogen and oxygen atoms in total. The van der Waals surface area contributed by atoms with Crippen LogP contribution in [0.5, 0.6) is 5.75 Å². The molecule has 0 unspecified atom stereocenters. The summed E-state index contributed by atoms with van der Waals surface area (Å²) in [6.45, 7) is 8.34. The van der Waals surface area contributed by atoms with Crippen LogP contribution in [0, 0.1) is 6.92 Å². The number of aryl methyl sites for hydroxylation is 1. The van der Waals surface area contributed by atoms with E-state index >= 15 is 0 Å². The van der Waals surface area contributed by atoms with E-state index in [0.717, 1.165) is 61.4 Å². The van der Waals surface area contributed by atoms with Gasteiger partial charge in [-0.3, -0.25) is 14.5 Å². The number of hydrogen-bond donors (Lipinski definition) is 1. The van der Waals surface area contributed by atoms with Gasteiger partial charge in [-0.15, -0.1) is 0 Å². The van der Waals surface area contributed by atoms with Crippen LogP contribution >= 0.6 is 0 Å². The van der Waals surface area contributed by atoms with Crippen molar-refractivity contribution in [2.45, 2.75) is 33.1 Å². The van der Waals surface area contributed by atoms with E-state index in [1.807, 2.05) is 30.5 Å². The van der Waals surface area contributed by atoms with Crippen LogP contribution in [0.25, 0.3) is 72.7 Å². The third kappa shape index (κ3) is 5.97. The minimum atomic E-state index is -0.294. The van der Waals surface area contributed by atoms with Crippen molar-refractivity contribution in [3.8, 4) is 67.5 Å². The van der Waals surface area contributed by atoms with Crippen molar-refractivity contribution in [2.24, 2.45) is 0 Å². The molecule has 0 saturated heterocycles. The molecule has 0 aliphatic carbocycles. The van der Waals surface area contributed by atoms with Crippen LogP contribution in [-0.4, -0.2) is 24.6 Å². The molecule has 0 fully saturated rings. The van der Waals surface area contributed by atoms with Crippen LogP contribution in [0.15, 0.2) is 152 Å². The highest BCUT2D eigenvalue weighted by atomic mass is 16.3. The molecule has 0 radical (unpaired) electrons. The largest absolute Gasteiger partial charge is 0.507 e. The number of aromatic nitrogens is 4. The Bertz CT molecular complexity index is 2510. The molecule has 0 spiro atoms. The van der Waals surface area contributed by atoms with Crippen molar-refractivity contribution >= 4 is 11.0 Å². The number of benzene rings is 5. The van der Waals surface area contributed by atoms with Gasteiger partial charge in [0.1, 0.15) is 5.75 Å². The molecule has 3 aromatic heterocycles. The maximum atomic E-state index is 11.6. The Morgan fingerprint density at radius 1 is 0.569 bits per heavy atom. The number of imidazole rings is 1. The number of fused-ring (bicyclic) bond motifs is 1. The van der Waals surface area contributed by atoms with E-state index < -0.39 is 0 Å². The van der Waals surface area contributed by atoms with E-state index in [2.05, 4.69) is 146 Å².